The van der Waals surface area contributed by atoms with Crippen molar-refractivity contribution in [1.29, 1.82) is 0 Å². The van der Waals surface area contributed by atoms with Crippen LogP contribution in [-0.4, -0.2) is 27.3 Å². The van der Waals surface area contributed by atoms with E-state index in [0.717, 1.165) is 12.1 Å². The first-order valence-corrected chi connectivity index (χ1v) is 7.08. The van der Waals surface area contributed by atoms with E-state index in [-0.39, 0.29) is 11.6 Å². The van der Waals surface area contributed by atoms with Crippen LogP contribution in [0.3, 0.4) is 0 Å². The predicted octanol–water partition coefficient (Wildman–Crippen LogP) is 3.72. The van der Waals surface area contributed by atoms with Crippen molar-refractivity contribution in [2.45, 2.75) is 26.1 Å². The first kappa shape index (κ1) is 16.9. The van der Waals surface area contributed by atoms with Gasteiger partial charge in [-0.3, -0.25) is 9.78 Å². The van der Waals surface area contributed by atoms with Crippen LogP contribution in [-0.2, 0) is 6.18 Å². The number of benzene rings is 1. The molecule has 7 heteroatoms. The van der Waals surface area contributed by atoms with E-state index in [4.69, 9.17) is 0 Å². The van der Waals surface area contributed by atoms with Gasteiger partial charge in [-0.25, -0.2) is 4.98 Å². The van der Waals surface area contributed by atoms with E-state index in [1.807, 2.05) is 0 Å². The summed E-state index contributed by atoms with van der Waals surface area (Å²) in [6.07, 6.45) is -0.231. The van der Waals surface area contributed by atoms with E-state index in [9.17, 15) is 18.0 Å². The van der Waals surface area contributed by atoms with Crippen molar-refractivity contribution >= 4 is 5.91 Å². The van der Waals surface area contributed by atoms with Gasteiger partial charge < -0.3 is 4.90 Å². The Bertz CT molecular complexity index is 674. The SMILES string of the molecule is CCN(C(=O)c1cnccn1)[C@@H](C)c1cccc(C(F)(F)F)c1. The van der Waals surface area contributed by atoms with Gasteiger partial charge in [0.1, 0.15) is 5.69 Å². The monoisotopic (exact) mass is 323 g/mol. The standard InChI is InChI=1S/C16H16F3N3O/c1-3-22(15(23)14-10-20-7-8-21-14)11(2)12-5-4-6-13(9-12)16(17,18)19/h4-11H,3H2,1-2H3/t11-/m0/s1. The van der Waals surface area contributed by atoms with Crippen LogP contribution < -0.4 is 0 Å². The second-order valence-corrected chi connectivity index (χ2v) is 4.98. The van der Waals surface area contributed by atoms with Crippen molar-refractivity contribution in [3.8, 4) is 0 Å². The van der Waals surface area contributed by atoms with Crippen LogP contribution in [0.4, 0.5) is 13.2 Å². The first-order valence-electron chi connectivity index (χ1n) is 7.08. The van der Waals surface area contributed by atoms with E-state index >= 15 is 0 Å². The molecule has 0 spiro atoms. The lowest BCUT2D eigenvalue weighted by Gasteiger charge is -2.28. The van der Waals surface area contributed by atoms with Gasteiger partial charge in [0.25, 0.3) is 5.91 Å². The molecule has 2 rings (SSSR count). The third-order valence-corrected chi connectivity index (χ3v) is 3.55. The van der Waals surface area contributed by atoms with Gasteiger partial charge in [-0.15, -0.1) is 0 Å². The average molecular weight is 323 g/mol. The maximum atomic E-state index is 12.8. The summed E-state index contributed by atoms with van der Waals surface area (Å²) >= 11 is 0. The third kappa shape index (κ3) is 3.85. The Labute approximate surface area is 132 Å². The topological polar surface area (TPSA) is 46.1 Å². The van der Waals surface area contributed by atoms with Crippen molar-refractivity contribution in [3.63, 3.8) is 0 Å². The zero-order valence-electron chi connectivity index (χ0n) is 12.7. The van der Waals surface area contributed by atoms with Crippen LogP contribution in [0, 0.1) is 0 Å². The van der Waals surface area contributed by atoms with E-state index in [1.165, 1.54) is 29.6 Å². The predicted molar refractivity (Wildman–Crippen MR) is 78.6 cm³/mol. The highest BCUT2D eigenvalue weighted by Crippen LogP contribution is 2.32. The van der Waals surface area contributed by atoms with E-state index in [0.29, 0.717) is 12.1 Å². The quantitative estimate of drug-likeness (QED) is 0.861. The molecule has 23 heavy (non-hydrogen) atoms. The van der Waals surface area contributed by atoms with Crippen LogP contribution >= 0.6 is 0 Å². The lowest BCUT2D eigenvalue weighted by atomic mass is 10.0. The minimum Gasteiger partial charge on any atom is -0.331 e. The van der Waals surface area contributed by atoms with Gasteiger partial charge in [0.2, 0.25) is 0 Å². The normalized spacial score (nSPS) is 12.7. The van der Waals surface area contributed by atoms with Gasteiger partial charge in [0, 0.05) is 18.9 Å². The molecule has 0 saturated carbocycles. The Morgan fingerprint density at radius 3 is 2.61 bits per heavy atom. The average Bonchev–Trinajstić information content (AvgIpc) is 2.55. The van der Waals surface area contributed by atoms with Gasteiger partial charge in [-0.1, -0.05) is 12.1 Å². The number of hydrogen-bond donors (Lipinski definition) is 0. The maximum absolute atomic E-state index is 12.8. The van der Waals surface area contributed by atoms with Gasteiger partial charge in [0.15, 0.2) is 0 Å². The highest BCUT2D eigenvalue weighted by molar-refractivity contribution is 5.92. The molecule has 4 nitrogen and oxygen atoms in total. The second-order valence-electron chi connectivity index (χ2n) is 4.98. The van der Waals surface area contributed by atoms with Gasteiger partial charge in [-0.2, -0.15) is 13.2 Å². The maximum Gasteiger partial charge on any atom is 0.416 e. The Morgan fingerprint density at radius 2 is 2.04 bits per heavy atom. The molecule has 1 heterocycles. The molecule has 0 radical (unpaired) electrons. The molecule has 1 aromatic carbocycles. The summed E-state index contributed by atoms with van der Waals surface area (Å²) in [5, 5.41) is 0. The molecule has 0 saturated heterocycles. The third-order valence-electron chi connectivity index (χ3n) is 3.55. The Morgan fingerprint density at radius 1 is 1.30 bits per heavy atom. The zero-order chi connectivity index (χ0) is 17.0. The van der Waals surface area contributed by atoms with Gasteiger partial charge in [0.05, 0.1) is 17.8 Å². The van der Waals surface area contributed by atoms with Gasteiger partial charge >= 0.3 is 6.18 Å². The highest BCUT2D eigenvalue weighted by Gasteiger charge is 2.31. The molecule has 2 aromatic rings. The summed E-state index contributed by atoms with van der Waals surface area (Å²) in [6.45, 7) is 3.79. The minimum atomic E-state index is -4.41. The summed E-state index contributed by atoms with van der Waals surface area (Å²) in [4.78, 5) is 21.7. The Balaban J connectivity index is 2.30. The summed E-state index contributed by atoms with van der Waals surface area (Å²) in [5.41, 5.74) is -0.156. The smallest absolute Gasteiger partial charge is 0.331 e. The molecule has 0 aliphatic carbocycles. The van der Waals surface area contributed by atoms with Gasteiger partial charge in [-0.05, 0) is 31.5 Å². The molecular formula is C16H16F3N3O. The minimum absolute atomic E-state index is 0.160. The summed E-state index contributed by atoms with van der Waals surface area (Å²) < 4.78 is 38.5. The fraction of sp³-hybridized carbons (Fsp3) is 0.312. The van der Waals surface area contributed by atoms with E-state index in [2.05, 4.69) is 9.97 Å². The van der Waals surface area contributed by atoms with Crippen molar-refractivity contribution in [3.05, 3.63) is 59.7 Å². The molecule has 0 bridgehead atoms. The fourth-order valence-electron chi connectivity index (χ4n) is 2.30. The van der Waals surface area contributed by atoms with Crippen molar-refractivity contribution in [2.24, 2.45) is 0 Å². The lowest BCUT2D eigenvalue weighted by molar-refractivity contribution is -0.137. The number of hydrogen-bond acceptors (Lipinski definition) is 3. The van der Waals surface area contributed by atoms with Crippen molar-refractivity contribution < 1.29 is 18.0 Å². The molecule has 0 N–H and O–H groups in total. The van der Waals surface area contributed by atoms with Crippen LogP contribution in [0.15, 0.2) is 42.9 Å². The fourth-order valence-corrected chi connectivity index (χ4v) is 2.30. The van der Waals surface area contributed by atoms with E-state index < -0.39 is 17.8 Å². The number of nitrogens with zero attached hydrogens (tertiary/aromatic N) is 3. The number of rotatable bonds is 4. The zero-order valence-corrected chi connectivity index (χ0v) is 12.7. The number of aromatic nitrogens is 2. The summed E-state index contributed by atoms with van der Waals surface area (Å²) in [5.74, 6) is -0.370. The number of halogens is 3. The van der Waals surface area contributed by atoms with Crippen LogP contribution in [0.1, 0.15) is 41.5 Å². The second kappa shape index (κ2) is 6.76. The van der Waals surface area contributed by atoms with Crippen molar-refractivity contribution in [1.82, 2.24) is 14.9 Å². The Hall–Kier alpha value is -2.44. The molecule has 0 aliphatic rings. The number of carbonyl (C=O) groups is 1. The molecule has 0 fully saturated rings. The number of carbonyl (C=O) groups excluding carboxylic acids is 1. The molecule has 1 aromatic heterocycles. The molecule has 1 amide bonds. The number of amides is 1. The van der Waals surface area contributed by atoms with Crippen molar-refractivity contribution in [2.75, 3.05) is 6.54 Å². The summed E-state index contributed by atoms with van der Waals surface area (Å²) in [7, 11) is 0. The van der Waals surface area contributed by atoms with Crippen LogP contribution in [0.2, 0.25) is 0 Å². The molecule has 0 aliphatic heterocycles. The number of alkyl halides is 3. The molecule has 0 unspecified atom stereocenters. The molecule has 1 atom stereocenters. The molecular weight excluding hydrogens is 307 g/mol. The van der Waals surface area contributed by atoms with E-state index in [1.54, 1.807) is 19.9 Å². The van der Waals surface area contributed by atoms with Crippen LogP contribution in [0.5, 0.6) is 0 Å². The largest absolute Gasteiger partial charge is 0.416 e. The van der Waals surface area contributed by atoms with Crippen LogP contribution in [0.25, 0.3) is 0 Å². The lowest BCUT2D eigenvalue weighted by Crippen LogP contribution is -2.34. The Kier molecular flexibility index (Phi) is 4.98. The highest BCUT2D eigenvalue weighted by atomic mass is 19.4. The summed E-state index contributed by atoms with van der Waals surface area (Å²) in [6, 6.07) is 4.48. The first-order chi connectivity index (χ1) is 10.8. The molecule has 122 valence electrons.